The van der Waals surface area contributed by atoms with Gasteiger partial charge in [-0.2, -0.15) is 0 Å². The summed E-state index contributed by atoms with van der Waals surface area (Å²) >= 11 is 3.36. The first-order valence-electron chi connectivity index (χ1n) is 4.50. The van der Waals surface area contributed by atoms with Gasteiger partial charge in [-0.1, -0.05) is 17.8 Å². The lowest BCUT2D eigenvalue weighted by Gasteiger charge is -2.01. The second-order valence-electron chi connectivity index (χ2n) is 3.09. The Morgan fingerprint density at radius 3 is 3.07 bits per heavy atom. The number of aromatic nitrogens is 2. The molecular weight excluding hydrogens is 226 g/mol. The number of nitrogens with two attached hydrogens (primary N) is 1. The molecule has 0 fully saturated rings. The molecule has 0 bridgehead atoms. The predicted molar refractivity (Wildman–Crippen MR) is 65.1 cm³/mol. The van der Waals surface area contributed by atoms with Crippen molar-refractivity contribution in [2.75, 3.05) is 5.73 Å². The highest BCUT2D eigenvalue weighted by Crippen LogP contribution is 2.27. The first kappa shape index (κ1) is 10.4. The fourth-order valence-electron chi connectivity index (χ4n) is 1.11. The largest absolute Gasteiger partial charge is 0.383 e. The maximum Gasteiger partial charge on any atom is 0.150 e. The van der Waals surface area contributed by atoms with Gasteiger partial charge in [-0.15, -0.1) is 11.3 Å². The molecule has 0 unspecified atom stereocenters. The zero-order valence-electron chi connectivity index (χ0n) is 8.30. The molecule has 0 aliphatic carbocycles. The minimum Gasteiger partial charge on any atom is -0.383 e. The van der Waals surface area contributed by atoms with E-state index in [-0.39, 0.29) is 0 Å². The van der Waals surface area contributed by atoms with Crippen LogP contribution in [0.5, 0.6) is 0 Å². The number of hydrogen-bond donors (Lipinski definition) is 1. The molecule has 3 nitrogen and oxygen atoms in total. The lowest BCUT2D eigenvalue weighted by Crippen LogP contribution is -1.94. The van der Waals surface area contributed by atoms with Gasteiger partial charge in [0, 0.05) is 28.6 Å². The molecule has 0 saturated heterocycles. The molecular formula is C10H11N3S2. The van der Waals surface area contributed by atoms with E-state index in [1.807, 2.05) is 19.1 Å². The highest BCUT2D eigenvalue weighted by atomic mass is 32.2. The topological polar surface area (TPSA) is 51.8 Å². The molecule has 2 heterocycles. The minimum absolute atomic E-state index is 0.610. The predicted octanol–water partition coefficient (Wildman–Crippen LogP) is 2.72. The maximum atomic E-state index is 5.75. The summed E-state index contributed by atoms with van der Waals surface area (Å²) < 4.78 is 1.08. The van der Waals surface area contributed by atoms with E-state index >= 15 is 0 Å². The van der Waals surface area contributed by atoms with Crippen LogP contribution in [0.2, 0.25) is 0 Å². The van der Waals surface area contributed by atoms with Crippen molar-refractivity contribution in [3.05, 3.63) is 35.0 Å². The van der Waals surface area contributed by atoms with E-state index in [1.165, 1.54) is 0 Å². The minimum atomic E-state index is 0.610. The molecule has 0 aliphatic heterocycles. The smallest absolute Gasteiger partial charge is 0.150 e. The average molecular weight is 237 g/mol. The highest BCUT2D eigenvalue weighted by Gasteiger charge is 2.03. The Hall–Kier alpha value is -1.07. The van der Waals surface area contributed by atoms with Crippen molar-refractivity contribution in [1.82, 2.24) is 9.97 Å². The van der Waals surface area contributed by atoms with Crippen LogP contribution in [0.4, 0.5) is 5.82 Å². The summed E-state index contributed by atoms with van der Waals surface area (Å²) in [5.74, 6) is 1.44. The van der Waals surface area contributed by atoms with E-state index < -0.39 is 0 Å². The van der Waals surface area contributed by atoms with Crippen molar-refractivity contribution in [1.29, 1.82) is 0 Å². The van der Waals surface area contributed by atoms with Gasteiger partial charge in [0.1, 0.15) is 10.2 Å². The third-order valence-electron chi connectivity index (χ3n) is 1.88. The summed E-state index contributed by atoms with van der Waals surface area (Å²) in [6.07, 6.45) is 1.71. The lowest BCUT2D eigenvalue weighted by atomic mass is 10.3. The third-order valence-corrected chi connectivity index (χ3v) is 4.06. The van der Waals surface area contributed by atoms with Crippen LogP contribution in [-0.4, -0.2) is 9.97 Å². The highest BCUT2D eigenvalue weighted by molar-refractivity contribution is 8.00. The summed E-state index contributed by atoms with van der Waals surface area (Å²) in [6, 6.07) is 3.90. The average Bonchev–Trinajstić information content (AvgIpc) is 2.63. The number of anilines is 1. The van der Waals surface area contributed by atoms with Gasteiger partial charge in [0.05, 0.1) is 0 Å². The Bertz CT molecular complexity index is 453. The quantitative estimate of drug-likeness (QED) is 0.834. The van der Waals surface area contributed by atoms with Crippen molar-refractivity contribution < 1.29 is 0 Å². The Morgan fingerprint density at radius 2 is 2.40 bits per heavy atom. The Kier molecular flexibility index (Phi) is 3.23. The summed E-state index contributed by atoms with van der Waals surface area (Å²) in [5, 5.41) is 2.05. The molecule has 0 aliphatic rings. The summed E-state index contributed by atoms with van der Waals surface area (Å²) in [4.78, 5) is 8.42. The first-order valence-corrected chi connectivity index (χ1v) is 6.36. The van der Waals surface area contributed by atoms with Gasteiger partial charge in [0.25, 0.3) is 0 Å². The van der Waals surface area contributed by atoms with E-state index in [2.05, 4.69) is 15.3 Å². The number of aryl methyl sites for hydroxylation is 1. The molecule has 2 aromatic heterocycles. The van der Waals surface area contributed by atoms with Crippen molar-refractivity contribution in [3.8, 4) is 0 Å². The standard InChI is InChI=1S/C10H11N3S2/c1-7-5-14-10(13-7)15-6-8-3-2-4-12-9(8)11/h2-5H,6H2,1H3,(H2,11,12). The summed E-state index contributed by atoms with van der Waals surface area (Å²) in [6.45, 7) is 2.00. The first-order chi connectivity index (χ1) is 7.25. The SMILES string of the molecule is Cc1csc(SCc2cccnc2N)n1. The molecule has 2 aromatic rings. The van der Waals surface area contributed by atoms with Crippen molar-refractivity contribution in [2.45, 2.75) is 17.0 Å². The molecule has 5 heteroatoms. The van der Waals surface area contributed by atoms with Crippen LogP contribution >= 0.6 is 23.1 Å². The normalized spacial score (nSPS) is 10.5. The lowest BCUT2D eigenvalue weighted by molar-refractivity contribution is 1.16. The molecule has 2 N–H and O–H groups in total. The number of thiazole rings is 1. The Labute approximate surface area is 96.8 Å². The number of hydrogen-bond acceptors (Lipinski definition) is 5. The van der Waals surface area contributed by atoms with Crippen molar-refractivity contribution >= 4 is 28.9 Å². The fourth-order valence-corrected chi connectivity index (χ4v) is 2.96. The van der Waals surface area contributed by atoms with Crippen LogP contribution < -0.4 is 5.73 Å². The zero-order chi connectivity index (χ0) is 10.7. The molecule has 2 rings (SSSR count). The van der Waals surface area contributed by atoms with E-state index in [0.717, 1.165) is 21.3 Å². The Morgan fingerprint density at radius 1 is 1.53 bits per heavy atom. The number of rotatable bonds is 3. The second kappa shape index (κ2) is 4.63. The Balaban J connectivity index is 2.02. The third kappa shape index (κ3) is 2.70. The molecule has 0 radical (unpaired) electrons. The molecule has 78 valence electrons. The van der Waals surface area contributed by atoms with Crippen molar-refractivity contribution in [3.63, 3.8) is 0 Å². The number of pyridine rings is 1. The fraction of sp³-hybridized carbons (Fsp3) is 0.200. The van der Waals surface area contributed by atoms with E-state index in [1.54, 1.807) is 29.3 Å². The van der Waals surface area contributed by atoms with Gasteiger partial charge in [-0.25, -0.2) is 9.97 Å². The van der Waals surface area contributed by atoms with Crippen LogP contribution in [0.15, 0.2) is 28.0 Å². The maximum absolute atomic E-state index is 5.75. The van der Waals surface area contributed by atoms with Gasteiger partial charge in [0.2, 0.25) is 0 Å². The molecule has 0 saturated carbocycles. The van der Waals surface area contributed by atoms with Crippen LogP contribution in [0.3, 0.4) is 0 Å². The van der Waals surface area contributed by atoms with E-state index in [4.69, 9.17) is 5.73 Å². The summed E-state index contributed by atoms with van der Waals surface area (Å²) in [7, 11) is 0. The van der Waals surface area contributed by atoms with Crippen LogP contribution in [0.1, 0.15) is 11.3 Å². The molecule has 0 amide bonds. The number of nitrogen functional groups attached to an aromatic ring is 1. The van der Waals surface area contributed by atoms with Gasteiger partial charge in [0.15, 0.2) is 0 Å². The van der Waals surface area contributed by atoms with Crippen LogP contribution in [0.25, 0.3) is 0 Å². The molecule has 0 atom stereocenters. The van der Waals surface area contributed by atoms with Crippen LogP contribution in [0, 0.1) is 6.92 Å². The van der Waals surface area contributed by atoms with Gasteiger partial charge >= 0.3 is 0 Å². The second-order valence-corrected chi connectivity index (χ2v) is 5.17. The van der Waals surface area contributed by atoms with Crippen molar-refractivity contribution in [2.24, 2.45) is 0 Å². The number of thioether (sulfide) groups is 1. The molecule has 0 aromatic carbocycles. The van der Waals surface area contributed by atoms with Crippen LogP contribution in [-0.2, 0) is 5.75 Å². The zero-order valence-corrected chi connectivity index (χ0v) is 9.94. The monoisotopic (exact) mass is 237 g/mol. The number of nitrogens with zero attached hydrogens (tertiary/aromatic N) is 2. The van der Waals surface area contributed by atoms with E-state index in [9.17, 15) is 0 Å². The molecule has 15 heavy (non-hydrogen) atoms. The molecule has 0 spiro atoms. The van der Waals surface area contributed by atoms with E-state index in [0.29, 0.717) is 5.82 Å². The van der Waals surface area contributed by atoms with Gasteiger partial charge < -0.3 is 5.73 Å². The summed E-state index contributed by atoms with van der Waals surface area (Å²) in [5.41, 5.74) is 7.88. The van der Waals surface area contributed by atoms with Gasteiger partial charge in [-0.3, -0.25) is 0 Å². The van der Waals surface area contributed by atoms with Gasteiger partial charge in [-0.05, 0) is 13.0 Å².